The third-order valence-electron chi connectivity index (χ3n) is 3.21. The van der Waals surface area contributed by atoms with Crippen LogP contribution in [-0.4, -0.2) is 37.5 Å². The van der Waals surface area contributed by atoms with E-state index in [0.717, 1.165) is 11.1 Å². The highest BCUT2D eigenvalue weighted by Crippen LogP contribution is 2.15. The van der Waals surface area contributed by atoms with Crippen LogP contribution in [0.4, 0.5) is 0 Å². The maximum Gasteiger partial charge on any atom is 0.310 e. The average molecular weight is 299 g/mol. The van der Waals surface area contributed by atoms with E-state index in [1.165, 1.54) is 0 Å². The van der Waals surface area contributed by atoms with Crippen LogP contribution in [0, 0.1) is 0 Å². The van der Waals surface area contributed by atoms with Crippen molar-refractivity contribution in [3.8, 4) is 0 Å². The molecule has 0 aromatic heterocycles. The Kier molecular flexibility index (Phi) is 6.16. The first kappa shape index (κ1) is 16.7. The fourth-order valence-corrected chi connectivity index (χ4v) is 2.42. The fraction of sp³-hybridized carbons (Fsp3) is 0.500. The second kappa shape index (κ2) is 7.40. The SMILES string of the molecule is CCS(=O)(=O)CCNCc1ccc(C(C)C(=O)O)cc1. The topological polar surface area (TPSA) is 83.5 Å². The van der Waals surface area contributed by atoms with Crippen molar-refractivity contribution >= 4 is 15.8 Å². The zero-order valence-electron chi connectivity index (χ0n) is 11.8. The molecule has 6 heteroatoms. The van der Waals surface area contributed by atoms with Gasteiger partial charge in [0.1, 0.15) is 0 Å². The molecule has 0 spiro atoms. The fourth-order valence-electron chi connectivity index (χ4n) is 1.67. The van der Waals surface area contributed by atoms with Gasteiger partial charge in [0.2, 0.25) is 0 Å². The van der Waals surface area contributed by atoms with Gasteiger partial charge in [-0.25, -0.2) is 8.42 Å². The molecule has 1 atom stereocenters. The summed E-state index contributed by atoms with van der Waals surface area (Å²) in [5.41, 5.74) is 1.76. The van der Waals surface area contributed by atoms with Gasteiger partial charge in [0.05, 0.1) is 11.7 Å². The Bertz CT molecular complexity index is 537. The zero-order valence-corrected chi connectivity index (χ0v) is 12.6. The second-order valence-electron chi connectivity index (χ2n) is 4.71. The van der Waals surface area contributed by atoms with Crippen molar-refractivity contribution in [1.82, 2.24) is 5.32 Å². The zero-order chi connectivity index (χ0) is 15.2. The maximum absolute atomic E-state index is 11.3. The van der Waals surface area contributed by atoms with Gasteiger partial charge in [-0.1, -0.05) is 31.2 Å². The quantitative estimate of drug-likeness (QED) is 0.709. The van der Waals surface area contributed by atoms with Crippen molar-refractivity contribution in [2.24, 2.45) is 0 Å². The number of sulfone groups is 1. The Balaban J connectivity index is 2.45. The van der Waals surface area contributed by atoms with Crippen LogP contribution in [-0.2, 0) is 21.2 Å². The van der Waals surface area contributed by atoms with Gasteiger partial charge in [0, 0.05) is 18.8 Å². The molecule has 0 aliphatic carbocycles. The molecule has 0 heterocycles. The van der Waals surface area contributed by atoms with Crippen LogP contribution in [0.15, 0.2) is 24.3 Å². The van der Waals surface area contributed by atoms with Crippen LogP contribution in [0.25, 0.3) is 0 Å². The summed E-state index contributed by atoms with van der Waals surface area (Å²) in [6.07, 6.45) is 0. The van der Waals surface area contributed by atoms with Gasteiger partial charge in [-0.05, 0) is 18.1 Å². The maximum atomic E-state index is 11.3. The molecule has 0 saturated heterocycles. The molecule has 0 bridgehead atoms. The lowest BCUT2D eigenvalue weighted by molar-refractivity contribution is -0.138. The summed E-state index contributed by atoms with van der Waals surface area (Å²) in [6.45, 7) is 4.27. The third kappa shape index (κ3) is 5.30. The summed E-state index contributed by atoms with van der Waals surface area (Å²) in [5, 5.41) is 12.0. The van der Waals surface area contributed by atoms with E-state index < -0.39 is 21.7 Å². The average Bonchev–Trinajstić information content (AvgIpc) is 2.43. The molecule has 20 heavy (non-hydrogen) atoms. The predicted molar refractivity (Wildman–Crippen MR) is 78.5 cm³/mol. The van der Waals surface area contributed by atoms with Gasteiger partial charge in [0.15, 0.2) is 9.84 Å². The molecule has 1 rings (SSSR count). The molecule has 0 saturated carbocycles. The Morgan fingerprint density at radius 2 is 1.90 bits per heavy atom. The Hall–Kier alpha value is -1.40. The van der Waals surface area contributed by atoms with Crippen molar-refractivity contribution in [2.45, 2.75) is 26.3 Å². The molecule has 5 nitrogen and oxygen atoms in total. The monoisotopic (exact) mass is 299 g/mol. The number of carboxylic acid groups (broad SMARTS) is 1. The largest absolute Gasteiger partial charge is 0.481 e. The lowest BCUT2D eigenvalue weighted by Gasteiger charge is -2.09. The number of aliphatic carboxylic acids is 1. The number of benzene rings is 1. The smallest absolute Gasteiger partial charge is 0.310 e. The van der Waals surface area contributed by atoms with Crippen molar-refractivity contribution in [1.29, 1.82) is 0 Å². The van der Waals surface area contributed by atoms with Crippen molar-refractivity contribution in [2.75, 3.05) is 18.1 Å². The molecule has 0 amide bonds. The Labute approximate surface area is 119 Å². The standard InChI is InChI=1S/C14H21NO4S/c1-3-20(18,19)9-8-15-10-12-4-6-13(7-5-12)11(2)14(16)17/h4-7,11,15H,3,8-10H2,1-2H3,(H,16,17). The summed E-state index contributed by atoms with van der Waals surface area (Å²) < 4.78 is 22.6. The third-order valence-corrected chi connectivity index (χ3v) is 4.91. The Morgan fingerprint density at radius 1 is 1.30 bits per heavy atom. The van der Waals surface area contributed by atoms with E-state index in [1.54, 1.807) is 26.0 Å². The van der Waals surface area contributed by atoms with Gasteiger partial charge in [-0.15, -0.1) is 0 Å². The first-order valence-electron chi connectivity index (χ1n) is 6.58. The Morgan fingerprint density at radius 3 is 2.40 bits per heavy atom. The van der Waals surface area contributed by atoms with Crippen LogP contribution in [0.1, 0.15) is 30.9 Å². The number of rotatable bonds is 8. The minimum Gasteiger partial charge on any atom is -0.481 e. The molecule has 1 unspecified atom stereocenters. The van der Waals surface area contributed by atoms with Crippen molar-refractivity contribution in [3.05, 3.63) is 35.4 Å². The summed E-state index contributed by atoms with van der Waals surface area (Å²) in [4.78, 5) is 10.8. The van der Waals surface area contributed by atoms with Crippen LogP contribution in [0.5, 0.6) is 0 Å². The van der Waals surface area contributed by atoms with E-state index in [1.807, 2.05) is 12.1 Å². The molecular weight excluding hydrogens is 278 g/mol. The van der Waals surface area contributed by atoms with Crippen LogP contribution >= 0.6 is 0 Å². The molecule has 0 fully saturated rings. The van der Waals surface area contributed by atoms with E-state index in [9.17, 15) is 13.2 Å². The molecule has 0 radical (unpaired) electrons. The van der Waals surface area contributed by atoms with E-state index in [4.69, 9.17) is 5.11 Å². The van der Waals surface area contributed by atoms with Crippen LogP contribution in [0.2, 0.25) is 0 Å². The van der Waals surface area contributed by atoms with E-state index >= 15 is 0 Å². The number of nitrogens with one attached hydrogen (secondary N) is 1. The molecule has 1 aromatic rings. The summed E-state index contributed by atoms with van der Waals surface area (Å²) in [7, 11) is -2.93. The minimum atomic E-state index is -2.93. The molecular formula is C14H21NO4S. The number of hydrogen-bond donors (Lipinski definition) is 2. The van der Waals surface area contributed by atoms with Gasteiger partial charge in [0.25, 0.3) is 0 Å². The second-order valence-corrected chi connectivity index (χ2v) is 7.19. The van der Waals surface area contributed by atoms with Gasteiger partial charge >= 0.3 is 5.97 Å². The van der Waals surface area contributed by atoms with Crippen LogP contribution in [0.3, 0.4) is 0 Å². The number of carboxylic acids is 1. The normalized spacial score (nSPS) is 13.1. The summed E-state index contributed by atoms with van der Waals surface area (Å²) in [5.74, 6) is -1.07. The predicted octanol–water partition coefficient (Wildman–Crippen LogP) is 1.40. The number of hydrogen-bond acceptors (Lipinski definition) is 4. The molecule has 0 aliphatic rings. The lowest BCUT2D eigenvalue weighted by Crippen LogP contribution is -2.23. The molecule has 112 valence electrons. The minimum absolute atomic E-state index is 0.137. The first-order chi connectivity index (χ1) is 9.35. The number of carbonyl (C=O) groups is 1. The highest BCUT2D eigenvalue weighted by Gasteiger charge is 2.12. The highest BCUT2D eigenvalue weighted by atomic mass is 32.2. The summed E-state index contributed by atoms with van der Waals surface area (Å²) in [6, 6.07) is 7.30. The van der Waals surface area contributed by atoms with E-state index in [0.29, 0.717) is 13.1 Å². The van der Waals surface area contributed by atoms with Crippen LogP contribution < -0.4 is 5.32 Å². The van der Waals surface area contributed by atoms with E-state index in [-0.39, 0.29) is 11.5 Å². The first-order valence-corrected chi connectivity index (χ1v) is 8.40. The summed E-state index contributed by atoms with van der Waals surface area (Å²) >= 11 is 0. The molecule has 1 aromatic carbocycles. The lowest BCUT2D eigenvalue weighted by atomic mass is 10.0. The molecule has 0 aliphatic heterocycles. The van der Waals surface area contributed by atoms with Gasteiger partial charge in [-0.2, -0.15) is 0 Å². The van der Waals surface area contributed by atoms with Crippen molar-refractivity contribution < 1.29 is 18.3 Å². The van der Waals surface area contributed by atoms with Gasteiger partial charge < -0.3 is 10.4 Å². The van der Waals surface area contributed by atoms with E-state index in [2.05, 4.69) is 5.32 Å². The van der Waals surface area contributed by atoms with Gasteiger partial charge in [-0.3, -0.25) is 4.79 Å². The molecule has 2 N–H and O–H groups in total. The van der Waals surface area contributed by atoms with Crippen molar-refractivity contribution in [3.63, 3.8) is 0 Å². The highest BCUT2D eigenvalue weighted by molar-refractivity contribution is 7.91.